The summed E-state index contributed by atoms with van der Waals surface area (Å²) in [6.07, 6.45) is 6.10. The van der Waals surface area contributed by atoms with E-state index in [1.807, 2.05) is 18.5 Å². The molecule has 29 heavy (non-hydrogen) atoms. The number of aromatic nitrogens is 3. The third-order valence-corrected chi connectivity index (χ3v) is 5.21. The maximum Gasteiger partial charge on any atom is 0.414 e. The highest BCUT2D eigenvalue weighted by Gasteiger charge is 2.33. The van der Waals surface area contributed by atoms with Crippen LogP contribution in [0.25, 0.3) is 16.5 Å². The van der Waals surface area contributed by atoms with Crippen molar-refractivity contribution in [2.75, 3.05) is 18.1 Å². The van der Waals surface area contributed by atoms with Crippen molar-refractivity contribution in [3.63, 3.8) is 0 Å². The highest BCUT2D eigenvalue weighted by molar-refractivity contribution is 7.03. The van der Waals surface area contributed by atoms with Gasteiger partial charge in [0, 0.05) is 47.0 Å². The molecule has 0 bridgehead atoms. The zero-order chi connectivity index (χ0) is 19.8. The van der Waals surface area contributed by atoms with E-state index in [0.29, 0.717) is 17.3 Å². The Kier molecular flexibility index (Phi) is 4.36. The van der Waals surface area contributed by atoms with Crippen LogP contribution in [0.1, 0.15) is 0 Å². The molecule has 4 aromatic rings. The third kappa shape index (κ3) is 3.40. The van der Waals surface area contributed by atoms with Crippen molar-refractivity contribution in [1.29, 1.82) is 0 Å². The second-order valence-electron chi connectivity index (χ2n) is 6.57. The number of rotatable bonds is 5. The number of hydrogen-bond acceptors (Lipinski definition) is 6. The van der Waals surface area contributed by atoms with Crippen LogP contribution in [0, 0.1) is 5.82 Å². The summed E-state index contributed by atoms with van der Waals surface area (Å²) >= 11 is 1.28. The molecule has 5 rings (SSSR count). The highest BCUT2D eigenvalue weighted by atomic mass is 32.1. The summed E-state index contributed by atoms with van der Waals surface area (Å²) in [7, 11) is 0. The van der Waals surface area contributed by atoms with E-state index < -0.39 is 18.0 Å². The number of cyclic esters (lactones) is 1. The topological polar surface area (TPSA) is 69.5 Å². The Labute approximate surface area is 169 Å². The van der Waals surface area contributed by atoms with E-state index in [0.717, 1.165) is 10.8 Å². The molecular weight excluding hydrogens is 395 g/mol. The number of benzene rings is 1. The van der Waals surface area contributed by atoms with Gasteiger partial charge in [0.05, 0.1) is 17.9 Å². The molecule has 0 aliphatic carbocycles. The van der Waals surface area contributed by atoms with Crippen LogP contribution >= 0.6 is 11.5 Å². The molecule has 1 saturated heterocycles. The number of ether oxygens (including phenoxy) is 2. The lowest BCUT2D eigenvalue weighted by Crippen LogP contribution is -2.26. The van der Waals surface area contributed by atoms with Crippen LogP contribution in [0.15, 0.2) is 60.5 Å². The first-order valence-electron chi connectivity index (χ1n) is 8.90. The summed E-state index contributed by atoms with van der Waals surface area (Å²) in [6.45, 7) is 0.470. The molecule has 3 aromatic heterocycles. The molecule has 0 saturated carbocycles. The summed E-state index contributed by atoms with van der Waals surface area (Å²) < 4.78 is 31.4. The monoisotopic (exact) mass is 410 g/mol. The Hall–Kier alpha value is -3.46. The fraction of sp³-hybridized carbons (Fsp3) is 0.150. The van der Waals surface area contributed by atoms with Gasteiger partial charge in [-0.2, -0.15) is 4.37 Å². The van der Waals surface area contributed by atoms with Crippen LogP contribution in [0.4, 0.5) is 14.9 Å². The Morgan fingerprint density at radius 2 is 2.14 bits per heavy atom. The predicted octanol–water partition coefficient (Wildman–Crippen LogP) is 4.03. The van der Waals surface area contributed by atoms with E-state index in [1.54, 1.807) is 40.5 Å². The molecule has 0 N–H and O–H groups in total. The first kappa shape index (κ1) is 17.6. The number of hydrogen-bond donors (Lipinski definition) is 0. The zero-order valence-electron chi connectivity index (χ0n) is 15.1. The lowest BCUT2D eigenvalue weighted by Gasteiger charge is -2.14. The van der Waals surface area contributed by atoms with E-state index in [9.17, 15) is 9.18 Å². The van der Waals surface area contributed by atoms with E-state index >= 15 is 0 Å². The Morgan fingerprint density at radius 1 is 1.24 bits per heavy atom. The molecule has 1 atom stereocenters. The fourth-order valence-corrected chi connectivity index (χ4v) is 3.72. The van der Waals surface area contributed by atoms with Crippen molar-refractivity contribution in [3.05, 3.63) is 66.3 Å². The molecule has 1 aliphatic heterocycles. The Bertz CT molecular complexity index is 1140. The third-order valence-electron chi connectivity index (χ3n) is 4.67. The Balaban J connectivity index is 1.33. The van der Waals surface area contributed by atoms with Crippen molar-refractivity contribution >= 4 is 34.1 Å². The Morgan fingerprint density at radius 3 is 2.93 bits per heavy atom. The number of carbonyl (C=O) groups excluding carboxylic acids is 1. The van der Waals surface area contributed by atoms with Gasteiger partial charge in [-0.25, -0.2) is 9.18 Å². The van der Waals surface area contributed by atoms with E-state index in [2.05, 4.69) is 9.36 Å². The van der Waals surface area contributed by atoms with Crippen LogP contribution in [0.5, 0.6) is 5.88 Å². The summed E-state index contributed by atoms with van der Waals surface area (Å²) in [4.78, 5) is 17.7. The van der Waals surface area contributed by atoms with Gasteiger partial charge in [-0.15, -0.1) is 0 Å². The lowest BCUT2D eigenvalue weighted by atomic mass is 10.2. The van der Waals surface area contributed by atoms with Gasteiger partial charge in [-0.3, -0.25) is 9.88 Å². The molecule has 7 nitrogen and oxygen atoms in total. The van der Waals surface area contributed by atoms with Crippen LogP contribution in [-0.2, 0) is 4.74 Å². The highest BCUT2D eigenvalue weighted by Crippen LogP contribution is 2.27. The van der Waals surface area contributed by atoms with Gasteiger partial charge in [0.25, 0.3) is 0 Å². The van der Waals surface area contributed by atoms with E-state index in [-0.39, 0.29) is 13.2 Å². The maximum atomic E-state index is 14.8. The van der Waals surface area contributed by atoms with Gasteiger partial charge in [0.1, 0.15) is 12.4 Å². The number of pyridine rings is 1. The minimum atomic E-state index is -0.526. The number of halogens is 1. The van der Waals surface area contributed by atoms with Crippen LogP contribution < -0.4 is 9.64 Å². The molecule has 146 valence electrons. The quantitative estimate of drug-likeness (QED) is 0.497. The summed E-state index contributed by atoms with van der Waals surface area (Å²) in [5.74, 6) is 0.0555. The molecule has 0 radical (unpaired) electrons. The minimum absolute atomic E-state index is 0.191. The number of anilines is 1. The second kappa shape index (κ2) is 7.17. The summed E-state index contributed by atoms with van der Waals surface area (Å²) in [5, 5.41) is 3.69. The van der Waals surface area contributed by atoms with Gasteiger partial charge < -0.3 is 14.0 Å². The van der Waals surface area contributed by atoms with Crippen molar-refractivity contribution in [1.82, 2.24) is 13.9 Å². The SMILES string of the molecule is O=C1OC(COc2ccsn2)CN1c1ccc(-n2cc3ccncc3c2)c(F)c1. The number of fused-ring (bicyclic) bond motifs is 1. The van der Waals surface area contributed by atoms with Crippen molar-refractivity contribution in [2.24, 2.45) is 0 Å². The fourth-order valence-electron chi connectivity index (χ4n) is 3.27. The van der Waals surface area contributed by atoms with Crippen molar-refractivity contribution in [2.45, 2.75) is 6.10 Å². The van der Waals surface area contributed by atoms with Gasteiger partial charge in [-0.1, -0.05) is 0 Å². The molecule has 1 amide bonds. The smallest absolute Gasteiger partial charge is 0.414 e. The van der Waals surface area contributed by atoms with Crippen LogP contribution in [-0.4, -0.2) is 39.3 Å². The summed E-state index contributed by atoms with van der Waals surface area (Å²) in [5.41, 5.74) is 0.826. The average molecular weight is 410 g/mol. The molecule has 1 aromatic carbocycles. The molecule has 4 heterocycles. The molecule has 1 fully saturated rings. The lowest BCUT2D eigenvalue weighted by molar-refractivity contribution is 0.104. The molecule has 1 unspecified atom stereocenters. The zero-order valence-corrected chi connectivity index (χ0v) is 15.9. The number of carbonyl (C=O) groups is 1. The van der Waals surface area contributed by atoms with Gasteiger partial charge >= 0.3 is 6.09 Å². The average Bonchev–Trinajstić information content (AvgIpc) is 3.45. The van der Waals surface area contributed by atoms with Gasteiger partial charge in [0.15, 0.2) is 6.10 Å². The van der Waals surface area contributed by atoms with Crippen LogP contribution in [0.3, 0.4) is 0 Å². The largest absolute Gasteiger partial charge is 0.473 e. The van der Waals surface area contributed by atoms with Crippen LogP contribution in [0.2, 0.25) is 0 Å². The van der Waals surface area contributed by atoms with E-state index in [4.69, 9.17) is 9.47 Å². The normalized spacial score (nSPS) is 16.4. The molecule has 9 heteroatoms. The molecular formula is C20H15FN4O3S. The number of nitrogens with zero attached hydrogens (tertiary/aromatic N) is 4. The maximum absolute atomic E-state index is 14.8. The van der Waals surface area contributed by atoms with Gasteiger partial charge in [0.2, 0.25) is 5.88 Å². The first-order valence-corrected chi connectivity index (χ1v) is 9.74. The van der Waals surface area contributed by atoms with Crippen molar-refractivity contribution < 1.29 is 18.7 Å². The predicted molar refractivity (Wildman–Crippen MR) is 106 cm³/mol. The van der Waals surface area contributed by atoms with Gasteiger partial charge in [-0.05, 0) is 35.8 Å². The second-order valence-corrected chi connectivity index (χ2v) is 7.24. The van der Waals surface area contributed by atoms with E-state index in [1.165, 1.54) is 22.5 Å². The minimum Gasteiger partial charge on any atom is -0.473 e. The standard InChI is InChI=1S/C20H15FN4O3S/c21-17-7-15(1-2-18(17)24-9-13-3-5-22-8-14(13)10-24)25-11-16(28-20(25)26)12-27-19-4-6-29-23-19/h1-10,16H,11-12H2. The molecule has 0 spiro atoms. The first-order chi connectivity index (χ1) is 14.2. The summed E-state index contributed by atoms with van der Waals surface area (Å²) in [6, 6.07) is 8.29. The van der Waals surface area contributed by atoms with Crippen molar-refractivity contribution in [3.8, 4) is 11.6 Å². The number of amides is 1. The molecule has 1 aliphatic rings.